The van der Waals surface area contributed by atoms with Crippen LogP contribution in [0.5, 0.6) is 0 Å². The summed E-state index contributed by atoms with van der Waals surface area (Å²) >= 11 is 11.7. The summed E-state index contributed by atoms with van der Waals surface area (Å²) in [4.78, 5) is 10.2. The van der Waals surface area contributed by atoms with Crippen LogP contribution in [0.4, 0.5) is 0 Å². The summed E-state index contributed by atoms with van der Waals surface area (Å²) in [6.07, 6.45) is 0.289. The Balaban J connectivity index is 0.00000361. The normalized spacial score (nSPS) is 13.8. The molecule has 0 fully saturated rings. The van der Waals surface area contributed by atoms with Crippen molar-refractivity contribution in [2.75, 3.05) is 0 Å². The maximum Gasteiger partial charge on any atom is 1.00 e. The molecule has 7 heteroatoms. The summed E-state index contributed by atoms with van der Waals surface area (Å²) in [6.45, 7) is 0. The van der Waals surface area contributed by atoms with Crippen LogP contribution in [0, 0.1) is 0 Å². The molecule has 2 unspecified atom stereocenters. The number of benzene rings is 1. The van der Waals surface area contributed by atoms with Gasteiger partial charge in [0.25, 0.3) is 0 Å². The van der Waals surface area contributed by atoms with E-state index in [-0.39, 0.29) is 36.0 Å². The zero-order chi connectivity index (χ0) is 14.4. The van der Waals surface area contributed by atoms with E-state index in [2.05, 4.69) is 0 Å². The summed E-state index contributed by atoms with van der Waals surface area (Å²) in [7, 11) is 0. The molecule has 0 saturated carbocycles. The Bertz CT molecular complexity index is 479. The van der Waals surface area contributed by atoms with Gasteiger partial charge < -0.3 is 20.1 Å². The second-order valence-corrected chi connectivity index (χ2v) is 4.90. The van der Waals surface area contributed by atoms with E-state index in [1.807, 2.05) is 0 Å². The molecule has 0 radical (unpaired) electrons. The van der Waals surface area contributed by atoms with Crippen LogP contribution in [0.15, 0.2) is 24.3 Å². The number of hydrogen-bond donors (Lipinski definition) is 2. The fourth-order valence-corrected chi connectivity index (χ4v) is 1.96. The molecule has 0 amide bonds. The largest absolute Gasteiger partial charge is 1.00 e. The molecule has 104 valence electrons. The van der Waals surface area contributed by atoms with Crippen molar-refractivity contribution in [3.05, 3.63) is 39.9 Å². The van der Waals surface area contributed by atoms with Gasteiger partial charge >= 0.3 is 29.6 Å². The van der Waals surface area contributed by atoms with Crippen molar-refractivity contribution in [1.29, 1.82) is 0 Å². The summed E-state index contributed by atoms with van der Waals surface area (Å²) in [5.74, 6) is -1.36. The van der Waals surface area contributed by atoms with Crippen molar-refractivity contribution in [3.8, 4) is 0 Å². The van der Waals surface area contributed by atoms with E-state index in [9.17, 15) is 20.1 Å². The molecule has 0 aliphatic heterocycles. The molecule has 4 nitrogen and oxygen atoms in total. The quantitative estimate of drug-likeness (QED) is 0.608. The molecule has 2 N–H and O–H groups in total. The Hall–Kier alpha value is -0.0700. The molecule has 20 heavy (non-hydrogen) atoms. The van der Waals surface area contributed by atoms with Crippen LogP contribution in [0.25, 0.3) is 6.08 Å². The van der Waals surface area contributed by atoms with Crippen LogP contribution >= 0.6 is 23.2 Å². The van der Waals surface area contributed by atoms with E-state index >= 15 is 0 Å². The standard InChI is InChI=1S/C13H14Cl2O4.Na/c14-9-3-1-8(12(15)5-9)2-4-10(16)6-11(17)7-13(18)19;/h1-5,10-11,16-17H,6-7H2,(H,18,19);/q;+1/p-1/b4-2+;. The Morgan fingerprint density at radius 1 is 1.35 bits per heavy atom. The number of halogens is 2. The first-order chi connectivity index (χ1) is 8.88. The molecule has 0 spiro atoms. The van der Waals surface area contributed by atoms with Crippen LogP contribution in [-0.4, -0.2) is 28.4 Å². The predicted molar refractivity (Wildman–Crippen MR) is 71.8 cm³/mol. The summed E-state index contributed by atoms with van der Waals surface area (Å²) in [5, 5.41) is 30.1. The third-order valence-corrected chi connectivity index (χ3v) is 2.94. The Morgan fingerprint density at radius 3 is 2.55 bits per heavy atom. The number of carboxylic acids is 1. The Morgan fingerprint density at radius 2 is 2.00 bits per heavy atom. The fraction of sp³-hybridized carbons (Fsp3) is 0.308. The van der Waals surface area contributed by atoms with Crippen molar-refractivity contribution in [2.45, 2.75) is 25.0 Å². The van der Waals surface area contributed by atoms with Gasteiger partial charge in [-0.1, -0.05) is 41.4 Å². The number of carboxylic acid groups (broad SMARTS) is 1. The van der Waals surface area contributed by atoms with E-state index in [0.717, 1.165) is 0 Å². The third-order valence-electron chi connectivity index (χ3n) is 2.38. The van der Waals surface area contributed by atoms with Gasteiger partial charge in [0.05, 0.1) is 12.2 Å². The van der Waals surface area contributed by atoms with Gasteiger partial charge in [-0.3, -0.25) is 0 Å². The minimum atomic E-state index is -1.36. The van der Waals surface area contributed by atoms with Gasteiger partial charge in [-0.2, -0.15) is 0 Å². The first-order valence-electron chi connectivity index (χ1n) is 5.57. The van der Waals surface area contributed by atoms with E-state index in [0.29, 0.717) is 15.6 Å². The number of rotatable bonds is 6. The van der Waals surface area contributed by atoms with Gasteiger partial charge in [0.15, 0.2) is 0 Å². The minimum absolute atomic E-state index is 0. The third kappa shape index (κ3) is 7.64. The molecule has 0 saturated heterocycles. The first-order valence-corrected chi connectivity index (χ1v) is 6.33. The van der Waals surface area contributed by atoms with Gasteiger partial charge in [0.1, 0.15) is 0 Å². The van der Waals surface area contributed by atoms with Gasteiger partial charge in [-0.25, -0.2) is 0 Å². The zero-order valence-corrected chi connectivity index (χ0v) is 14.4. The summed E-state index contributed by atoms with van der Waals surface area (Å²) in [6, 6.07) is 4.91. The van der Waals surface area contributed by atoms with Crippen molar-refractivity contribution in [2.24, 2.45) is 0 Å². The Kier molecular flexibility index (Phi) is 9.76. The SMILES string of the molecule is O=C([O-])CC(O)CC(O)/C=C/c1ccc(Cl)cc1Cl.[Na+]. The Labute approximate surface area is 149 Å². The average molecular weight is 327 g/mol. The van der Waals surface area contributed by atoms with Crippen LogP contribution < -0.4 is 34.7 Å². The fourth-order valence-electron chi connectivity index (χ4n) is 1.48. The monoisotopic (exact) mass is 326 g/mol. The smallest absolute Gasteiger partial charge is 0.550 e. The summed E-state index contributed by atoms with van der Waals surface area (Å²) < 4.78 is 0. The molecule has 1 aromatic rings. The van der Waals surface area contributed by atoms with Crippen molar-refractivity contribution < 1.29 is 49.7 Å². The second kappa shape index (κ2) is 9.79. The topological polar surface area (TPSA) is 80.6 Å². The molecule has 0 aliphatic carbocycles. The van der Waals surface area contributed by atoms with E-state index in [1.165, 1.54) is 6.08 Å². The first kappa shape index (κ1) is 19.9. The molecule has 0 aliphatic rings. The van der Waals surface area contributed by atoms with E-state index in [1.54, 1.807) is 24.3 Å². The molecule has 1 aromatic carbocycles. The predicted octanol–water partition coefficient (Wildman–Crippen LogP) is -1.74. The minimum Gasteiger partial charge on any atom is -0.550 e. The zero-order valence-electron chi connectivity index (χ0n) is 10.9. The number of aliphatic hydroxyl groups excluding tert-OH is 2. The van der Waals surface area contributed by atoms with Crippen LogP contribution in [0.2, 0.25) is 10.0 Å². The number of carbonyl (C=O) groups is 1. The van der Waals surface area contributed by atoms with Gasteiger partial charge in [-0.15, -0.1) is 0 Å². The van der Waals surface area contributed by atoms with Crippen LogP contribution in [-0.2, 0) is 4.79 Å². The molecular formula is C13H13Cl2NaO4. The molecule has 0 heterocycles. The number of aliphatic carboxylic acids is 1. The van der Waals surface area contributed by atoms with Crippen LogP contribution in [0.1, 0.15) is 18.4 Å². The molecule has 0 aromatic heterocycles. The molecule has 1 rings (SSSR count). The van der Waals surface area contributed by atoms with Crippen molar-refractivity contribution in [1.82, 2.24) is 0 Å². The second-order valence-electron chi connectivity index (χ2n) is 4.06. The number of carbonyl (C=O) groups excluding carboxylic acids is 1. The number of aliphatic hydroxyl groups is 2. The average Bonchev–Trinajstić information content (AvgIpc) is 2.26. The maximum atomic E-state index is 10.2. The van der Waals surface area contributed by atoms with Gasteiger partial charge in [0, 0.05) is 28.9 Å². The maximum absolute atomic E-state index is 10.2. The molecule has 0 bridgehead atoms. The van der Waals surface area contributed by atoms with Crippen molar-refractivity contribution in [3.63, 3.8) is 0 Å². The van der Waals surface area contributed by atoms with E-state index in [4.69, 9.17) is 23.2 Å². The van der Waals surface area contributed by atoms with Gasteiger partial charge in [0.2, 0.25) is 0 Å². The summed E-state index contributed by atoms with van der Waals surface area (Å²) in [5.41, 5.74) is 0.666. The molecule has 2 atom stereocenters. The molecular weight excluding hydrogens is 314 g/mol. The van der Waals surface area contributed by atoms with E-state index < -0.39 is 24.6 Å². The van der Waals surface area contributed by atoms with Crippen molar-refractivity contribution >= 4 is 35.2 Å². The van der Waals surface area contributed by atoms with Crippen LogP contribution in [0.3, 0.4) is 0 Å². The number of hydrogen-bond acceptors (Lipinski definition) is 4. The van der Waals surface area contributed by atoms with Gasteiger partial charge in [-0.05, 0) is 17.7 Å².